The van der Waals surface area contributed by atoms with E-state index in [0.717, 1.165) is 36.8 Å². The molecule has 1 saturated heterocycles. The number of aryl methyl sites for hydroxylation is 1. The number of carbonyl (C=O) groups is 1. The number of sulfonamides is 1. The number of aromatic nitrogens is 1. The quantitative estimate of drug-likeness (QED) is 0.513. The fourth-order valence-corrected chi connectivity index (χ4v) is 5.81. The summed E-state index contributed by atoms with van der Waals surface area (Å²) in [7, 11) is -2.26. The summed E-state index contributed by atoms with van der Waals surface area (Å²) >= 11 is 1.69. The zero-order valence-corrected chi connectivity index (χ0v) is 20.5. The first-order valence-corrected chi connectivity index (χ1v) is 13.3. The number of benzene rings is 2. The highest BCUT2D eigenvalue weighted by Crippen LogP contribution is 2.23. The largest absolute Gasteiger partial charge is 0.336 e. The number of nitrogens with zero attached hydrogens (tertiary/aromatic N) is 4. The van der Waals surface area contributed by atoms with Gasteiger partial charge < -0.3 is 4.90 Å². The van der Waals surface area contributed by atoms with Crippen molar-refractivity contribution in [1.82, 2.24) is 14.8 Å². The number of rotatable bonds is 7. The van der Waals surface area contributed by atoms with Gasteiger partial charge in [0.25, 0.3) is 15.9 Å². The summed E-state index contributed by atoms with van der Waals surface area (Å²) in [5, 5.41) is 3.25. The van der Waals surface area contributed by atoms with Gasteiger partial charge in [-0.3, -0.25) is 14.0 Å². The van der Waals surface area contributed by atoms with Crippen LogP contribution in [0.3, 0.4) is 0 Å². The number of thiazole rings is 1. The molecule has 0 spiro atoms. The summed E-state index contributed by atoms with van der Waals surface area (Å²) in [5.41, 5.74) is 2.03. The highest BCUT2D eigenvalue weighted by Gasteiger charge is 2.26. The van der Waals surface area contributed by atoms with Gasteiger partial charge >= 0.3 is 0 Å². The van der Waals surface area contributed by atoms with Gasteiger partial charge in [0.2, 0.25) is 0 Å². The number of piperazine rings is 1. The molecule has 4 rings (SSSR count). The van der Waals surface area contributed by atoms with Crippen LogP contribution >= 0.6 is 11.3 Å². The second kappa shape index (κ2) is 10.0. The van der Waals surface area contributed by atoms with E-state index >= 15 is 0 Å². The van der Waals surface area contributed by atoms with E-state index in [-0.39, 0.29) is 10.8 Å². The second-order valence-electron chi connectivity index (χ2n) is 7.99. The molecule has 0 saturated carbocycles. The fourth-order valence-electron chi connectivity index (χ4n) is 3.83. The lowest BCUT2D eigenvalue weighted by molar-refractivity contribution is 0.0627. The van der Waals surface area contributed by atoms with Crippen molar-refractivity contribution >= 4 is 33.0 Å². The maximum atomic E-state index is 13.1. The van der Waals surface area contributed by atoms with Crippen LogP contribution in [0.25, 0.3) is 0 Å². The maximum absolute atomic E-state index is 13.1. The topological polar surface area (TPSA) is 73.8 Å². The average Bonchev–Trinajstić information content (AvgIpc) is 3.31. The smallest absolute Gasteiger partial charge is 0.264 e. The van der Waals surface area contributed by atoms with Crippen molar-refractivity contribution in [3.63, 3.8) is 0 Å². The first-order chi connectivity index (χ1) is 15.9. The Hall–Kier alpha value is -2.75. The number of para-hydroxylation sites is 1. The molecule has 2 aromatic carbocycles. The zero-order valence-electron chi connectivity index (χ0n) is 18.8. The van der Waals surface area contributed by atoms with Crippen molar-refractivity contribution < 1.29 is 13.2 Å². The minimum absolute atomic E-state index is 0.105. The molecule has 0 aliphatic carbocycles. The monoisotopic (exact) mass is 484 g/mol. The highest BCUT2D eigenvalue weighted by molar-refractivity contribution is 7.92. The van der Waals surface area contributed by atoms with Gasteiger partial charge in [-0.25, -0.2) is 13.4 Å². The summed E-state index contributed by atoms with van der Waals surface area (Å²) in [5.74, 6) is -0.143. The molecule has 1 aromatic heterocycles. The van der Waals surface area contributed by atoms with E-state index in [9.17, 15) is 13.2 Å². The SMILES string of the molecule is CCc1nc(CN2CCN(C(=O)c3cccc(S(=O)(=O)N(C)c4ccccc4)c3)CC2)cs1. The van der Waals surface area contributed by atoms with E-state index in [1.54, 1.807) is 52.6 Å². The lowest BCUT2D eigenvalue weighted by Gasteiger charge is -2.34. The molecule has 0 bridgehead atoms. The molecule has 1 amide bonds. The normalized spacial score (nSPS) is 14.9. The zero-order chi connectivity index (χ0) is 23.4. The molecule has 1 fully saturated rings. The molecule has 174 valence electrons. The number of hydrogen-bond acceptors (Lipinski definition) is 6. The first kappa shape index (κ1) is 23.4. The number of anilines is 1. The number of carbonyl (C=O) groups excluding carboxylic acids is 1. The predicted octanol–water partition coefficient (Wildman–Crippen LogP) is 3.49. The van der Waals surface area contributed by atoms with Crippen LogP contribution in [0.15, 0.2) is 64.9 Å². The standard InChI is InChI=1S/C24H28N4O3S2/c1-3-23-25-20(18-32-23)17-27-12-14-28(15-13-27)24(29)19-8-7-11-22(16-19)33(30,31)26(2)21-9-5-4-6-10-21/h4-11,16,18H,3,12-15,17H2,1-2H3. The Morgan fingerprint density at radius 2 is 1.79 bits per heavy atom. The fraction of sp³-hybridized carbons (Fsp3) is 0.333. The summed E-state index contributed by atoms with van der Waals surface area (Å²) in [6.07, 6.45) is 0.947. The Morgan fingerprint density at radius 3 is 2.45 bits per heavy atom. The third-order valence-corrected chi connectivity index (χ3v) is 8.63. The molecule has 3 aromatic rings. The Bertz CT molecular complexity index is 1200. The average molecular weight is 485 g/mol. The molecule has 1 aliphatic rings. The van der Waals surface area contributed by atoms with Crippen molar-refractivity contribution in [2.45, 2.75) is 24.8 Å². The Labute approximate surface area is 199 Å². The predicted molar refractivity (Wildman–Crippen MR) is 131 cm³/mol. The highest BCUT2D eigenvalue weighted by atomic mass is 32.2. The van der Waals surface area contributed by atoms with Crippen LogP contribution in [0.1, 0.15) is 28.0 Å². The van der Waals surface area contributed by atoms with E-state index in [2.05, 4.69) is 22.2 Å². The molecule has 0 unspecified atom stereocenters. The molecule has 33 heavy (non-hydrogen) atoms. The molecule has 0 atom stereocenters. The second-order valence-corrected chi connectivity index (χ2v) is 10.9. The molecule has 7 nitrogen and oxygen atoms in total. The van der Waals surface area contributed by atoms with Crippen molar-refractivity contribution in [2.75, 3.05) is 37.5 Å². The summed E-state index contributed by atoms with van der Waals surface area (Å²) in [4.78, 5) is 21.9. The van der Waals surface area contributed by atoms with E-state index in [4.69, 9.17) is 0 Å². The van der Waals surface area contributed by atoms with Gasteiger partial charge in [-0.15, -0.1) is 11.3 Å². The molecule has 2 heterocycles. The molecular weight excluding hydrogens is 456 g/mol. The lowest BCUT2D eigenvalue weighted by atomic mass is 10.2. The minimum Gasteiger partial charge on any atom is -0.336 e. The molecular formula is C24H28N4O3S2. The van der Waals surface area contributed by atoms with Crippen LogP contribution in [0, 0.1) is 0 Å². The van der Waals surface area contributed by atoms with Crippen molar-refractivity contribution in [3.05, 3.63) is 76.2 Å². The third kappa shape index (κ3) is 5.26. The first-order valence-electron chi connectivity index (χ1n) is 11.0. The van der Waals surface area contributed by atoms with E-state index < -0.39 is 10.0 Å². The van der Waals surface area contributed by atoms with E-state index in [0.29, 0.717) is 24.3 Å². The van der Waals surface area contributed by atoms with Crippen LogP contribution in [-0.2, 0) is 23.0 Å². The van der Waals surface area contributed by atoms with Gasteiger partial charge in [0.1, 0.15) is 0 Å². The van der Waals surface area contributed by atoms with Gasteiger partial charge in [0, 0.05) is 50.7 Å². The van der Waals surface area contributed by atoms with E-state index in [1.807, 2.05) is 6.07 Å². The Kier molecular flexibility index (Phi) is 7.11. The van der Waals surface area contributed by atoms with Gasteiger partial charge in [0.05, 0.1) is 21.3 Å². The molecule has 1 aliphatic heterocycles. The molecule has 0 radical (unpaired) electrons. The van der Waals surface area contributed by atoms with Crippen LogP contribution in [0.4, 0.5) is 5.69 Å². The minimum atomic E-state index is -3.77. The number of amides is 1. The van der Waals surface area contributed by atoms with E-state index in [1.165, 1.54) is 23.5 Å². The van der Waals surface area contributed by atoms with Gasteiger partial charge in [-0.05, 0) is 36.8 Å². The molecule has 0 N–H and O–H groups in total. The lowest BCUT2D eigenvalue weighted by Crippen LogP contribution is -2.48. The number of hydrogen-bond donors (Lipinski definition) is 0. The third-order valence-electron chi connectivity index (χ3n) is 5.81. The van der Waals surface area contributed by atoms with Crippen LogP contribution in [0.5, 0.6) is 0 Å². The van der Waals surface area contributed by atoms with Crippen LogP contribution < -0.4 is 4.31 Å². The summed E-state index contributed by atoms with van der Waals surface area (Å²) in [6.45, 7) is 5.62. The maximum Gasteiger partial charge on any atom is 0.264 e. The Balaban J connectivity index is 1.42. The molecule has 9 heteroatoms. The van der Waals surface area contributed by atoms with Gasteiger partial charge in [-0.2, -0.15) is 0 Å². The summed E-state index contributed by atoms with van der Waals surface area (Å²) in [6, 6.07) is 15.2. The van der Waals surface area contributed by atoms with Gasteiger partial charge in [-0.1, -0.05) is 31.2 Å². The van der Waals surface area contributed by atoms with Crippen molar-refractivity contribution in [2.24, 2.45) is 0 Å². The van der Waals surface area contributed by atoms with Crippen LogP contribution in [0.2, 0.25) is 0 Å². The van der Waals surface area contributed by atoms with Crippen LogP contribution in [-0.4, -0.2) is 62.3 Å². The van der Waals surface area contributed by atoms with Crippen molar-refractivity contribution in [3.8, 4) is 0 Å². The van der Waals surface area contributed by atoms with Gasteiger partial charge in [0.15, 0.2) is 0 Å². The summed E-state index contributed by atoms with van der Waals surface area (Å²) < 4.78 is 27.5. The van der Waals surface area contributed by atoms with Crippen molar-refractivity contribution in [1.29, 1.82) is 0 Å². The Morgan fingerprint density at radius 1 is 1.06 bits per heavy atom.